The number of benzene rings is 1. The van der Waals surface area contributed by atoms with Gasteiger partial charge >= 0.3 is 200 Å². The molecule has 3 atom stereocenters. The van der Waals surface area contributed by atoms with Crippen LogP contribution >= 0.6 is 0 Å². The van der Waals surface area contributed by atoms with Gasteiger partial charge in [0.05, 0.1) is 0 Å². The van der Waals surface area contributed by atoms with Crippen LogP contribution in [0.25, 0.3) is 11.1 Å². The van der Waals surface area contributed by atoms with Crippen LogP contribution in [0.5, 0.6) is 0 Å². The van der Waals surface area contributed by atoms with Gasteiger partial charge in [-0.1, -0.05) is 0 Å². The van der Waals surface area contributed by atoms with Crippen LogP contribution in [0.15, 0.2) is 35.5 Å². The maximum atomic E-state index is 16.4. The Morgan fingerprint density at radius 3 is 2.63 bits per heavy atom. The van der Waals surface area contributed by atoms with Crippen molar-refractivity contribution >= 4 is 23.2 Å². The summed E-state index contributed by atoms with van der Waals surface area (Å²) in [6.45, 7) is 4.04. The van der Waals surface area contributed by atoms with Crippen LogP contribution in [0.1, 0.15) is 42.1 Å². The third-order valence-corrected chi connectivity index (χ3v) is 11.0. The molecular formula is C28H29F4IN7O3-. The normalized spacial score (nSPS) is 22.5. The molecule has 0 aliphatic carbocycles. The molecule has 1 amide bonds. The van der Waals surface area contributed by atoms with Crippen molar-refractivity contribution in [2.24, 2.45) is 0 Å². The van der Waals surface area contributed by atoms with E-state index in [0.717, 1.165) is 25.1 Å². The van der Waals surface area contributed by atoms with E-state index >= 15 is 8.78 Å². The molecule has 5 heterocycles. The van der Waals surface area contributed by atoms with Crippen molar-refractivity contribution in [3.63, 3.8) is 0 Å². The number of H-pyrrole nitrogens is 1. The molecule has 0 saturated carbocycles. The second kappa shape index (κ2) is 12.0. The predicted molar refractivity (Wildman–Crippen MR) is 147 cm³/mol. The molecule has 2 unspecified atom stereocenters. The number of fused-ring (bicyclic) bond motifs is 2. The summed E-state index contributed by atoms with van der Waals surface area (Å²) in [4.78, 5) is 39.8. The zero-order valence-electron chi connectivity index (χ0n) is 23.3. The molecular weight excluding hydrogens is 685 g/mol. The second-order valence-electron chi connectivity index (χ2n) is 10.8. The third kappa shape index (κ3) is 5.93. The molecule has 10 nitrogen and oxygen atoms in total. The molecule has 0 spiro atoms. The molecule has 2 bridgehead atoms. The van der Waals surface area contributed by atoms with Gasteiger partial charge in [0.15, 0.2) is 0 Å². The monoisotopic (exact) mass is 714 g/mol. The van der Waals surface area contributed by atoms with Gasteiger partial charge in [0.25, 0.3) is 6.43 Å². The Balaban J connectivity index is 1.38. The van der Waals surface area contributed by atoms with Crippen molar-refractivity contribution in [3.8, 4) is 11.1 Å². The molecule has 43 heavy (non-hydrogen) atoms. The van der Waals surface area contributed by atoms with E-state index < -0.39 is 67.7 Å². The number of nitrogens with zero attached hydrogens (tertiary/aromatic N) is 5. The quantitative estimate of drug-likeness (QED) is 0.167. The molecule has 2 N–H and O–H groups in total. The van der Waals surface area contributed by atoms with E-state index in [9.17, 15) is 18.4 Å². The number of ether oxygens (including phenoxy) is 1. The van der Waals surface area contributed by atoms with Gasteiger partial charge in [-0.15, -0.1) is 0 Å². The average Bonchev–Trinajstić information content (AvgIpc) is 3.32. The van der Waals surface area contributed by atoms with Gasteiger partial charge in [0.2, 0.25) is 5.56 Å². The number of nitrogens with one attached hydrogen (secondary N) is 2. The Labute approximate surface area is 255 Å². The molecule has 3 aliphatic heterocycles. The van der Waals surface area contributed by atoms with E-state index in [1.54, 1.807) is 4.90 Å². The summed E-state index contributed by atoms with van der Waals surface area (Å²) >= 11 is -0.494. The summed E-state index contributed by atoms with van der Waals surface area (Å²) in [7, 11) is 1.93. The van der Waals surface area contributed by atoms with E-state index in [1.807, 2.05) is 14.0 Å². The SMILES string of the molecule is C[C@H]1CN(c2cc(F)c(-c3cnc(N4CC5CCC(O5)[I-]4)nc3)c(F)c2NC(=O)c2c[nH]c(=O)cc2C(F)F)CCN1C. The zero-order valence-corrected chi connectivity index (χ0v) is 25.4. The van der Waals surface area contributed by atoms with Gasteiger partial charge in [-0.3, -0.25) is 4.79 Å². The number of piperazine rings is 1. The van der Waals surface area contributed by atoms with Crippen LogP contribution < -0.4 is 40.4 Å². The van der Waals surface area contributed by atoms with Gasteiger partial charge in [-0.05, 0) is 14.0 Å². The smallest absolute Gasteiger partial charge is 0.300 e. The molecule has 3 saturated heterocycles. The number of halogens is 5. The van der Waals surface area contributed by atoms with Crippen molar-refractivity contribution in [2.75, 3.05) is 46.6 Å². The topological polar surface area (TPSA) is 107 Å². The van der Waals surface area contributed by atoms with Crippen molar-refractivity contribution in [1.29, 1.82) is 0 Å². The minimum Gasteiger partial charge on any atom is -0.300 e. The minimum absolute atomic E-state index is 0.0342. The molecule has 2 aromatic heterocycles. The molecule has 0 radical (unpaired) electrons. The number of carbonyl (C=O) groups excluding carboxylic acids is 1. The van der Waals surface area contributed by atoms with Crippen molar-refractivity contribution in [3.05, 3.63) is 63.8 Å². The number of hydrogen-bond acceptors (Lipinski definition) is 8. The first-order valence-electron chi connectivity index (χ1n) is 13.8. The predicted octanol–water partition coefficient (Wildman–Crippen LogP) is 0.769. The van der Waals surface area contributed by atoms with Crippen LogP contribution in [0.3, 0.4) is 0 Å². The number of likely N-dealkylation sites (N-methyl/N-ethyl adjacent to an activating group) is 1. The van der Waals surface area contributed by atoms with Crippen molar-refractivity contribution in [2.45, 2.75) is 42.4 Å². The first kappa shape index (κ1) is 29.7. The van der Waals surface area contributed by atoms with Gasteiger partial charge in [0.1, 0.15) is 0 Å². The van der Waals surface area contributed by atoms with Gasteiger partial charge in [0, 0.05) is 6.07 Å². The van der Waals surface area contributed by atoms with Gasteiger partial charge in [-0.25, -0.2) is 8.78 Å². The van der Waals surface area contributed by atoms with Crippen molar-refractivity contribution in [1.82, 2.24) is 19.9 Å². The van der Waals surface area contributed by atoms with Crippen LogP contribution in [0.2, 0.25) is 0 Å². The van der Waals surface area contributed by atoms with E-state index in [4.69, 9.17) is 4.74 Å². The zero-order chi connectivity index (χ0) is 30.4. The Morgan fingerprint density at radius 1 is 1.16 bits per heavy atom. The van der Waals surface area contributed by atoms with Crippen LogP contribution in [-0.2, 0) is 4.74 Å². The Kier molecular flexibility index (Phi) is 8.30. The molecule has 15 heteroatoms. The molecule has 3 fully saturated rings. The molecule has 3 aromatic rings. The number of carbonyl (C=O) groups is 1. The number of pyridine rings is 1. The first-order valence-corrected chi connectivity index (χ1v) is 16.0. The number of rotatable bonds is 6. The molecule has 1 aromatic carbocycles. The van der Waals surface area contributed by atoms with Crippen LogP contribution in [-0.4, -0.2) is 75.2 Å². The summed E-state index contributed by atoms with van der Waals surface area (Å²) in [5.74, 6) is -2.59. The Bertz CT molecular complexity index is 1580. The molecule has 3 aliphatic rings. The first-order chi connectivity index (χ1) is 20.6. The minimum atomic E-state index is -3.13. The summed E-state index contributed by atoms with van der Waals surface area (Å²) in [6.07, 6.45) is 2.52. The summed E-state index contributed by atoms with van der Waals surface area (Å²) in [5, 5.41) is 2.40. The number of aromatic nitrogens is 3. The third-order valence-electron chi connectivity index (χ3n) is 7.96. The number of alkyl halides is 3. The number of amides is 1. The molecule has 230 valence electrons. The van der Waals surface area contributed by atoms with E-state index in [1.165, 1.54) is 12.4 Å². The second-order valence-corrected chi connectivity index (χ2v) is 13.9. The van der Waals surface area contributed by atoms with Gasteiger partial charge < -0.3 is 9.88 Å². The van der Waals surface area contributed by atoms with E-state index in [0.29, 0.717) is 38.2 Å². The standard InChI is InChI=1S/C28H29F4IN7O3/c1-14-12-39(6-5-38(14)2)20-8-19(29)23(15-9-35-28(36-10-15)40-13-16-3-4-21(33-40)43-16)24(30)25(20)37-27(42)18-11-34-22(41)7-17(18)26(31)32/h7-11,14,16,21,26H,3-6,12-13H2,1-2H3,(H,34,41)(H,37,42)/q-1/t14-,16?,21?/m0/s1. The fraction of sp³-hybridized carbons (Fsp3) is 0.429. The number of hydrogen-bond donors (Lipinski definition) is 2. The van der Waals surface area contributed by atoms with E-state index in [-0.39, 0.29) is 33.2 Å². The van der Waals surface area contributed by atoms with E-state index in [2.05, 4.69) is 28.3 Å². The van der Waals surface area contributed by atoms with Crippen LogP contribution in [0, 0.1) is 11.6 Å². The fourth-order valence-corrected chi connectivity index (χ4v) is 8.57. The fourth-order valence-electron chi connectivity index (χ4n) is 5.47. The van der Waals surface area contributed by atoms with Crippen molar-refractivity contribution < 1.29 is 48.6 Å². The number of aromatic amines is 1. The Hall–Kier alpha value is -3.31. The Morgan fingerprint density at radius 2 is 1.93 bits per heavy atom. The summed E-state index contributed by atoms with van der Waals surface area (Å²) in [5.41, 5.74) is -2.86. The number of anilines is 3. The van der Waals surface area contributed by atoms with Gasteiger partial charge in [-0.2, -0.15) is 0 Å². The van der Waals surface area contributed by atoms with Crippen LogP contribution in [0.4, 0.5) is 34.9 Å². The average molecular weight is 714 g/mol. The molecule has 6 rings (SSSR count). The summed E-state index contributed by atoms with van der Waals surface area (Å²) in [6, 6.07) is 1.79. The maximum absolute atomic E-state index is 16.4. The summed E-state index contributed by atoms with van der Waals surface area (Å²) < 4.78 is 67.7.